The van der Waals surface area contributed by atoms with E-state index < -0.39 is 0 Å². The molecule has 0 spiro atoms. The molecular formula is C7H15N3O2. The van der Waals surface area contributed by atoms with Crippen LogP contribution in [0.2, 0.25) is 0 Å². The van der Waals surface area contributed by atoms with E-state index in [9.17, 15) is 4.79 Å². The fourth-order valence-corrected chi connectivity index (χ4v) is 0.593. The summed E-state index contributed by atoms with van der Waals surface area (Å²) >= 11 is 0. The molecule has 0 aromatic rings. The molecule has 70 valence electrons. The zero-order valence-electron chi connectivity index (χ0n) is 7.46. The number of esters is 1. The Hall–Kier alpha value is -1.26. The van der Waals surface area contributed by atoms with Gasteiger partial charge in [0.2, 0.25) is 0 Å². The Balaban J connectivity index is 3.63. The molecule has 0 unspecified atom stereocenters. The summed E-state index contributed by atoms with van der Waals surface area (Å²) in [5.41, 5.74) is 5.36. The molecule has 0 heterocycles. The van der Waals surface area contributed by atoms with E-state index >= 15 is 0 Å². The summed E-state index contributed by atoms with van der Waals surface area (Å²) in [5.74, 6) is -0.0936. The lowest BCUT2D eigenvalue weighted by Gasteiger charge is -2.01. The topological polar surface area (TPSA) is 76.7 Å². The molecule has 3 N–H and O–H groups in total. The number of hydrogen-bond acceptors (Lipinski definition) is 3. The molecule has 5 nitrogen and oxygen atoms in total. The van der Waals surface area contributed by atoms with E-state index in [1.165, 1.54) is 0 Å². The molecule has 5 heteroatoms. The molecule has 0 atom stereocenters. The van der Waals surface area contributed by atoms with Gasteiger partial charge in [-0.15, -0.1) is 0 Å². The van der Waals surface area contributed by atoms with Crippen LogP contribution in [0.15, 0.2) is 4.99 Å². The Bertz CT molecular complexity index is 168. The average molecular weight is 173 g/mol. The van der Waals surface area contributed by atoms with Gasteiger partial charge in [-0.1, -0.05) is 0 Å². The highest BCUT2D eigenvalue weighted by molar-refractivity contribution is 5.81. The van der Waals surface area contributed by atoms with Crippen LogP contribution < -0.4 is 11.1 Å². The third-order valence-corrected chi connectivity index (χ3v) is 1.04. The fourth-order valence-electron chi connectivity index (χ4n) is 0.593. The lowest BCUT2D eigenvalue weighted by atomic mass is 10.6. The predicted octanol–water partition coefficient (Wildman–Crippen LogP) is -0.526. The molecule has 0 aromatic heterocycles. The number of aliphatic imine (C=N–C) groups is 1. The average Bonchev–Trinajstić information content (AvgIpc) is 2.02. The van der Waals surface area contributed by atoms with E-state index in [0.717, 1.165) is 0 Å². The van der Waals surface area contributed by atoms with Crippen molar-refractivity contribution in [2.24, 2.45) is 10.7 Å². The van der Waals surface area contributed by atoms with Crippen LogP contribution in [-0.2, 0) is 9.53 Å². The molecule has 0 radical (unpaired) electrons. The van der Waals surface area contributed by atoms with Gasteiger partial charge in [-0.05, 0) is 13.8 Å². The van der Waals surface area contributed by atoms with Gasteiger partial charge in [-0.3, -0.25) is 4.79 Å². The smallest absolute Gasteiger partial charge is 0.327 e. The van der Waals surface area contributed by atoms with Gasteiger partial charge in [0.15, 0.2) is 5.96 Å². The molecule has 0 aliphatic carbocycles. The summed E-state index contributed by atoms with van der Waals surface area (Å²) in [5, 5.41) is 2.76. The van der Waals surface area contributed by atoms with Crippen molar-refractivity contribution in [3.63, 3.8) is 0 Å². The van der Waals surface area contributed by atoms with Crippen LogP contribution in [-0.4, -0.2) is 31.6 Å². The standard InChI is InChI=1S/C7H15N3O2/c1-3-9-7(8)10-5-6(11)12-4-2/h3-5H2,1-2H3,(H3,8,9,10). The van der Waals surface area contributed by atoms with Gasteiger partial charge >= 0.3 is 5.97 Å². The van der Waals surface area contributed by atoms with Crippen molar-refractivity contribution in [1.82, 2.24) is 5.32 Å². The van der Waals surface area contributed by atoms with E-state index in [-0.39, 0.29) is 18.5 Å². The first-order chi connectivity index (χ1) is 5.70. The summed E-state index contributed by atoms with van der Waals surface area (Å²) in [6.45, 7) is 4.68. The number of rotatable bonds is 4. The summed E-state index contributed by atoms with van der Waals surface area (Å²) in [7, 11) is 0. The van der Waals surface area contributed by atoms with Crippen molar-refractivity contribution in [3.05, 3.63) is 0 Å². The number of guanidine groups is 1. The summed E-state index contributed by atoms with van der Waals surface area (Å²) in [4.78, 5) is 14.5. The van der Waals surface area contributed by atoms with E-state index in [1.54, 1.807) is 6.92 Å². The minimum atomic E-state index is -0.363. The maximum absolute atomic E-state index is 10.7. The van der Waals surface area contributed by atoms with E-state index in [4.69, 9.17) is 5.73 Å². The van der Waals surface area contributed by atoms with Crippen molar-refractivity contribution >= 4 is 11.9 Å². The van der Waals surface area contributed by atoms with E-state index in [1.807, 2.05) is 6.92 Å². The Morgan fingerprint density at radius 1 is 1.58 bits per heavy atom. The van der Waals surface area contributed by atoms with Gasteiger partial charge in [0.1, 0.15) is 6.54 Å². The van der Waals surface area contributed by atoms with Crippen LogP contribution >= 0.6 is 0 Å². The quantitative estimate of drug-likeness (QED) is 0.340. The first-order valence-electron chi connectivity index (χ1n) is 3.90. The van der Waals surface area contributed by atoms with Gasteiger partial charge in [-0.2, -0.15) is 0 Å². The molecule has 0 aliphatic rings. The van der Waals surface area contributed by atoms with Crippen molar-refractivity contribution in [3.8, 4) is 0 Å². The first kappa shape index (κ1) is 10.7. The Morgan fingerprint density at radius 2 is 2.25 bits per heavy atom. The van der Waals surface area contributed by atoms with E-state index in [0.29, 0.717) is 13.2 Å². The Kier molecular flexibility index (Phi) is 5.77. The van der Waals surface area contributed by atoms with E-state index in [2.05, 4.69) is 15.0 Å². The summed E-state index contributed by atoms with van der Waals surface area (Å²) in [6, 6.07) is 0. The second-order valence-electron chi connectivity index (χ2n) is 2.04. The van der Waals surface area contributed by atoms with Gasteiger partial charge in [0.05, 0.1) is 6.61 Å². The van der Waals surface area contributed by atoms with Crippen molar-refractivity contribution < 1.29 is 9.53 Å². The Labute approximate surface area is 72.0 Å². The lowest BCUT2D eigenvalue weighted by Crippen LogP contribution is -2.32. The van der Waals surface area contributed by atoms with Crippen LogP contribution in [0.3, 0.4) is 0 Å². The molecule has 0 rings (SSSR count). The second-order valence-corrected chi connectivity index (χ2v) is 2.04. The van der Waals surface area contributed by atoms with Crippen LogP contribution in [0.5, 0.6) is 0 Å². The number of nitrogens with one attached hydrogen (secondary N) is 1. The first-order valence-corrected chi connectivity index (χ1v) is 3.90. The van der Waals surface area contributed by atoms with Crippen LogP contribution in [0.25, 0.3) is 0 Å². The van der Waals surface area contributed by atoms with Crippen molar-refractivity contribution in [2.75, 3.05) is 19.7 Å². The zero-order valence-corrected chi connectivity index (χ0v) is 7.46. The maximum Gasteiger partial charge on any atom is 0.327 e. The number of hydrogen-bond donors (Lipinski definition) is 2. The number of carbonyl (C=O) groups is 1. The van der Waals surface area contributed by atoms with Gasteiger partial charge in [-0.25, -0.2) is 4.99 Å². The second kappa shape index (κ2) is 6.45. The van der Waals surface area contributed by atoms with Gasteiger partial charge < -0.3 is 15.8 Å². The van der Waals surface area contributed by atoms with Crippen LogP contribution in [0.4, 0.5) is 0 Å². The lowest BCUT2D eigenvalue weighted by molar-refractivity contribution is -0.141. The Morgan fingerprint density at radius 3 is 2.75 bits per heavy atom. The third-order valence-electron chi connectivity index (χ3n) is 1.04. The highest BCUT2D eigenvalue weighted by atomic mass is 16.5. The number of ether oxygens (including phenoxy) is 1. The van der Waals surface area contributed by atoms with Gasteiger partial charge in [0, 0.05) is 6.54 Å². The molecule has 0 fully saturated rings. The fraction of sp³-hybridized carbons (Fsp3) is 0.714. The molecule has 0 aliphatic heterocycles. The zero-order chi connectivity index (χ0) is 9.40. The molecule has 0 aromatic carbocycles. The highest BCUT2D eigenvalue weighted by Crippen LogP contribution is 1.78. The monoisotopic (exact) mass is 173 g/mol. The molecule has 12 heavy (non-hydrogen) atoms. The predicted molar refractivity (Wildman–Crippen MR) is 46.8 cm³/mol. The third kappa shape index (κ3) is 5.52. The number of nitrogens with two attached hydrogens (primary N) is 1. The minimum absolute atomic E-state index is 0.0212. The summed E-state index contributed by atoms with van der Waals surface area (Å²) in [6.07, 6.45) is 0. The molecule has 0 saturated carbocycles. The normalized spacial score (nSPS) is 11.0. The molecular weight excluding hydrogens is 158 g/mol. The van der Waals surface area contributed by atoms with Crippen molar-refractivity contribution in [2.45, 2.75) is 13.8 Å². The largest absolute Gasteiger partial charge is 0.465 e. The van der Waals surface area contributed by atoms with Crippen molar-refractivity contribution in [1.29, 1.82) is 0 Å². The SMILES string of the molecule is CCNC(N)=NCC(=O)OCC. The van der Waals surface area contributed by atoms with Gasteiger partial charge in [0.25, 0.3) is 0 Å². The summed E-state index contributed by atoms with van der Waals surface area (Å²) < 4.78 is 4.64. The maximum atomic E-state index is 10.7. The number of nitrogens with zero attached hydrogens (tertiary/aromatic N) is 1. The molecule has 0 amide bonds. The van der Waals surface area contributed by atoms with Crippen LogP contribution in [0.1, 0.15) is 13.8 Å². The van der Waals surface area contributed by atoms with Crippen LogP contribution in [0, 0.1) is 0 Å². The molecule has 0 saturated heterocycles. The number of carbonyl (C=O) groups excluding carboxylic acids is 1. The minimum Gasteiger partial charge on any atom is -0.465 e. The molecule has 0 bridgehead atoms. The highest BCUT2D eigenvalue weighted by Gasteiger charge is 1.98.